The minimum Gasteiger partial charge on any atom is -0.490 e. The molecule has 9 nitrogen and oxygen atoms in total. The first-order chi connectivity index (χ1) is 21.7. The van der Waals surface area contributed by atoms with Crippen molar-refractivity contribution in [1.29, 1.82) is 0 Å². The Balaban J connectivity index is 1.30. The smallest absolute Gasteiger partial charge is 0.262 e. The van der Waals surface area contributed by atoms with Crippen molar-refractivity contribution >= 4 is 46.4 Å². The van der Waals surface area contributed by atoms with Crippen LogP contribution >= 0.6 is 23.2 Å². The van der Waals surface area contributed by atoms with Crippen molar-refractivity contribution in [2.75, 3.05) is 57.0 Å². The van der Waals surface area contributed by atoms with E-state index in [0.29, 0.717) is 23.0 Å². The van der Waals surface area contributed by atoms with Crippen molar-refractivity contribution in [3.05, 3.63) is 93.3 Å². The normalized spacial score (nSPS) is 13.8. The third kappa shape index (κ3) is 8.61. The molecular weight excluding hydrogens is 618 g/mol. The predicted octanol–water partition coefficient (Wildman–Crippen LogP) is 7.34. The zero-order valence-corrected chi connectivity index (χ0v) is 26.9. The molecule has 0 atom stereocenters. The number of hydrogen-bond acceptors (Lipinski definition) is 8. The molecule has 5 rings (SSSR count). The molecule has 2 heterocycles. The summed E-state index contributed by atoms with van der Waals surface area (Å²) < 4.78 is 26.6. The Kier molecular flexibility index (Phi) is 10.7. The number of aromatic nitrogens is 2. The van der Waals surface area contributed by atoms with E-state index >= 15 is 0 Å². The average molecular weight is 654 g/mol. The quantitative estimate of drug-likeness (QED) is 0.163. The molecule has 1 fully saturated rings. The molecule has 0 spiro atoms. The van der Waals surface area contributed by atoms with E-state index in [4.69, 9.17) is 32.7 Å². The first-order valence-corrected chi connectivity index (χ1v) is 15.4. The van der Waals surface area contributed by atoms with Crippen molar-refractivity contribution in [2.24, 2.45) is 0 Å². The van der Waals surface area contributed by atoms with Gasteiger partial charge in [-0.15, -0.1) is 0 Å². The molecule has 2 N–H and O–H groups in total. The molecule has 0 unspecified atom stereocenters. The van der Waals surface area contributed by atoms with Gasteiger partial charge in [0.05, 0.1) is 11.6 Å². The third-order valence-electron chi connectivity index (χ3n) is 7.48. The summed E-state index contributed by atoms with van der Waals surface area (Å²) in [7, 11) is 2.13. The lowest BCUT2D eigenvalue weighted by Crippen LogP contribution is -2.44. The summed E-state index contributed by atoms with van der Waals surface area (Å²) in [6.45, 7) is 9.31. The summed E-state index contributed by atoms with van der Waals surface area (Å²) in [5.74, 6) is -0.556. The van der Waals surface area contributed by atoms with Gasteiger partial charge in [0, 0.05) is 61.4 Å². The lowest BCUT2D eigenvalue weighted by molar-refractivity contribution is 0.102. The van der Waals surface area contributed by atoms with Gasteiger partial charge >= 0.3 is 0 Å². The zero-order valence-electron chi connectivity index (χ0n) is 25.4. The largest absolute Gasteiger partial charge is 0.490 e. The number of likely N-dealkylation sites (N-methyl/N-ethyl adjacent to an activating group) is 1. The fourth-order valence-corrected chi connectivity index (χ4v) is 5.33. The summed E-state index contributed by atoms with van der Waals surface area (Å²) in [6, 6.07) is 15.0. The minimum absolute atomic E-state index is 0.0544. The van der Waals surface area contributed by atoms with Crippen molar-refractivity contribution < 1.29 is 18.7 Å². The first-order valence-electron chi connectivity index (χ1n) is 14.6. The number of benzene rings is 3. The molecule has 0 aliphatic carbocycles. The van der Waals surface area contributed by atoms with Gasteiger partial charge in [-0.3, -0.25) is 4.79 Å². The highest BCUT2D eigenvalue weighted by molar-refractivity contribution is 6.35. The molecule has 3 aromatic carbocycles. The highest BCUT2D eigenvalue weighted by Gasteiger charge is 2.20. The van der Waals surface area contributed by atoms with E-state index in [9.17, 15) is 9.18 Å². The first kappa shape index (κ1) is 32.4. The van der Waals surface area contributed by atoms with Crippen LogP contribution in [0.5, 0.6) is 17.4 Å². The fourth-order valence-electron chi connectivity index (χ4n) is 4.88. The second-order valence-electron chi connectivity index (χ2n) is 10.9. The number of carbonyl (C=O) groups is 1. The Hall–Kier alpha value is -3.96. The summed E-state index contributed by atoms with van der Waals surface area (Å²) in [4.78, 5) is 26.9. The lowest BCUT2D eigenvalue weighted by atomic mass is 10.1. The number of hydrogen-bond donors (Lipinski definition) is 2. The van der Waals surface area contributed by atoms with E-state index in [-0.39, 0.29) is 33.9 Å². The molecule has 1 aromatic heterocycles. The minimum atomic E-state index is -0.520. The van der Waals surface area contributed by atoms with E-state index in [1.807, 2.05) is 32.0 Å². The summed E-state index contributed by atoms with van der Waals surface area (Å²) >= 11 is 12.4. The van der Waals surface area contributed by atoms with Crippen LogP contribution in [0.4, 0.5) is 21.7 Å². The van der Waals surface area contributed by atoms with Gasteiger partial charge in [0.1, 0.15) is 11.3 Å². The van der Waals surface area contributed by atoms with Gasteiger partial charge < -0.3 is 29.9 Å². The summed E-state index contributed by atoms with van der Waals surface area (Å²) in [5, 5.41) is 6.56. The van der Waals surface area contributed by atoms with Gasteiger partial charge in [-0.1, -0.05) is 41.4 Å². The van der Waals surface area contributed by atoms with Gasteiger partial charge in [0.2, 0.25) is 11.8 Å². The number of nitrogens with one attached hydrogen (secondary N) is 2. The van der Waals surface area contributed by atoms with Crippen LogP contribution in [-0.4, -0.2) is 72.1 Å². The topological polar surface area (TPSA) is 91.8 Å². The lowest BCUT2D eigenvalue weighted by Gasteiger charge is -2.32. The van der Waals surface area contributed by atoms with Crippen LogP contribution in [0.1, 0.15) is 27.9 Å². The van der Waals surface area contributed by atoms with Crippen LogP contribution in [0.3, 0.4) is 0 Å². The van der Waals surface area contributed by atoms with Crippen LogP contribution in [-0.2, 0) is 0 Å². The number of halogens is 3. The molecular formula is C33H35Cl2FN6O3. The number of amides is 1. The van der Waals surface area contributed by atoms with Gasteiger partial charge in [0.25, 0.3) is 5.91 Å². The van der Waals surface area contributed by atoms with Crippen LogP contribution in [0.2, 0.25) is 10.0 Å². The van der Waals surface area contributed by atoms with Crippen molar-refractivity contribution in [2.45, 2.75) is 20.3 Å². The number of nitrogens with zero attached hydrogens (tertiary/aromatic N) is 4. The second-order valence-corrected chi connectivity index (χ2v) is 11.8. The average Bonchev–Trinajstić information content (AvgIpc) is 3.00. The van der Waals surface area contributed by atoms with Crippen molar-refractivity contribution in [3.8, 4) is 17.4 Å². The fraction of sp³-hybridized carbons (Fsp3) is 0.303. The van der Waals surface area contributed by atoms with Crippen LogP contribution in [0.25, 0.3) is 0 Å². The number of anilines is 3. The van der Waals surface area contributed by atoms with Crippen molar-refractivity contribution in [1.82, 2.24) is 19.8 Å². The number of piperazine rings is 1. The Bertz CT molecular complexity index is 1650. The maximum Gasteiger partial charge on any atom is 0.262 e. The van der Waals surface area contributed by atoms with E-state index in [2.05, 4.69) is 37.4 Å². The highest BCUT2D eigenvalue weighted by atomic mass is 35.5. The number of para-hydroxylation sites is 1. The summed E-state index contributed by atoms with van der Waals surface area (Å²) in [6.07, 6.45) is 2.15. The van der Waals surface area contributed by atoms with Gasteiger partial charge in [0.15, 0.2) is 11.6 Å². The molecule has 1 saturated heterocycles. The van der Waals surface area contributed by atoms with Gasteiger partial charge in [-0.05, 0) is 68.8 Å². The number of rotatable bonds is 11. The molecule has 0 bridgehead atoms. The number of carbonyl (C=O) groups excluding carboxylic acids is 1. The molecule has 0 radical (unpaired) electrons. The predicted molar refractivity (Wildman–Crippen MR) is 176 cm³/mol. The standard InChI is InChI=1S/C33H35Cl2FN6O3/c1-21-6-4-7-22(2)30(21)39-31(43)25-20-37-33(40-32(25)45-28-10-8-23(34)18-26(28)35)38-24-9-11-29(27(36)19-24)44-17-5-12-42-15-13-41(3)14-16-42/h4,6-11,18-20H,5,12-17H2,1-3H3,(H,39,43)(H,37,38,40). The second kappa shape index (κ2) is 14.9. The maximum absolute atomic E-state index is 14.9. The van der Waals surface area contributed by atoms with E-state index < -0.39 is 11.7 Å². The number of aryl methyl sites for hydroxylation is 2. The number of ether oxygens (including phenoxy) is 2. The Morgan fingerprint density at radius 3 is 2.44 bits per heavy atom. The molecule has 45 heavy (non-hydrogen) atoms. The molecule has 4 aromatic rings. The van der Waals surface area contributed by atoms with E-state index in [1.165, 1.54) is 18.3 Å². The molecule has 0 saturated carbocycles. The third-order valence-corrected chi connectivity index (χ3v) is 8.01. The van der Waals surface area contributed by atoms with Crippen molar-refractivity contribution in [3.63, 3.8) is 0 Å². The van der Waals surface area contributed by atoms with E-state index in [1.54, 1.807) is 24.3 Å². The molecule has 236 valence electrons. The Morgan fingerprint density at radius 2 is 1.73 bits per heavy atom. The van der Waals surface area contributed by atoms with Crippen LogP contribution in [0.15, 0.2) is 60.8 Å². The van der Waals surface area contributed by atoms with Crippen LogP contribution in [0, 0.1) is 19.7 Å². The van der Waals surface area contributed by atoms with Gasteiger partial charge in [-0.25, -0.2) is 9.37 Å². The molecule has 1 aliphatic heterocycles. The molecule has 1 aliphatic rings. The SMILES string of the molecule is Cc1cccc(C)c1NC(=O)c1cnc(Nc2ccc(OCCCN3CCN(C)CC3)c(F)c2)nc1Oc1ccc(Cl)cc1Cl. The Labute approximate surface area is 272 Å². The maximum atomic E-state index is 14.9. The molecule has 1 amide bonds. The zero-order chi connectivity index (χ0) is 31.9. The van der Waals surface area contributed by atoms with E-state index in [0.717, 1.165) is 50.3 Å². The van der Waals surface area contributed by atoms with Gasteiger partial charge in [-0.2, -0.15) is 4.98 Å². The Morgan fingerprint density at radius 1 is 1.00 bits per heavy atom. The highest BCUT2D eigenvalue weighted by Crippen LogP contribution is 2.33. The van der Waals surface area contributed by atoms with Crippen LogP contribution < -0.4 is 20.1 Å². The molecule has 12 heteroatoms. The summed E-state index contributed by atoms with van der Waals surface area (Å²) in [5.41, 5.74) is 2.93. The monoisotopic (exact) mass is 652 g/mol.